The zero-order valence-electron chi connectivity index (χ0n) is 7.79. The van der Waals surface area contributed by atoms with E-state index in [4.69, 9.17) is 5.73 Å². The lowest BCUT2D eigenvalue weighted by Crippen LogP contribution is -2.38. The number of halogens is 1. The first-order valence-electron chi connectivity index (χ1n) is 3.91. The number of hydrogen-bond donors (Lipinski definition) is 2. The molecule has 0 fully saturated rings. The van der Waals surface area contributed by atoms with E-state index >= 15 is 0 Å². The standard InChI is InChI=1S/C7H13IN2O3S/c1-14-3-2-5(9)7(12)13-10-6(11)4-8/h5H,2-4,9H2,1H3,(H,10,11). The Labute approximate surface area is 101 Å². The van der Waals surface area contributed by atoms with Gasteiger partial charge in [0.15, 0.2) is 0 Å². The predicted molar refractivity (Wildman–Crippen MR) is 64.1 cm³/mol. The molecule has 0 saturated heterocycles. The highest BCUT2D eigenvalue weighted by Crippen LogP contribution is 1.99. The van der Waals surface area contributed by atoms with Gasteiger partial charge in [-0.1, -0.05) is 22.6 Å². The van der Waals surface area contributed by atoms with Crippen molar-refractivity contribution < 1.29 is 14.4 Å². The molecule has 0 rings (SSSR count). The van der Waals surface area contributed by atoms with Gasteiger partial charge in [-0.15, -0.1) is 0 Å². The van der Waals surface area contributed by atoms with Crippen LogP contribution in [-0.2, 0) is 14.4 Å². The molecule has 0 bridgehead atoms. The summed E-state index contributed by atoms with van der Waals surface area (Å²) in [6.45, 7) is 0. The topological polar surface area (TPSA) is 81.4 Å². The van der Waals surface area contributed by atoms with Gasteiger partial charge < -0.3 is 10.6 Å². The number of hydrogen-bond acceptors (Lipinski definition) is 5. The number of alkyl halides is 1. The van der Waals surface area contributed by atoms with Crippen LogP contribution in [0.15, 0.2) is 0 Å². The van der Waals surface area contributed by atoms with Crippen molar-refractivity contribution in [1.29, 1.82) is 0 Å². The molecule has 0 aromatic carbocycles. The molecule has 0 heterocycles. The molecule has 82 valence electrons. The zero-order chi connectivity index (χ0) is 11.0. The van der Waals surface area contributed by atoms with Crippen LogP contribution >= 0.6 is 34.4 Å². The third-order valence-corrected chi connectivity index (χ3v) is 2.66. The maximum absolute atomic E-state index is 11.1. The molecular formula is C7H13IN2O3S. The molecule has 1 atom stereocenters. The molecular weight excluding hydrogens is 319 g/mol. The van der Waals surface area contributed by atoms with Crippen molar-refractivity contribution in [2.24, 2.45) is 5.73 Å². The number of nitrogens with one attached hydrogen (secondary N) is 1. The molecule has 1 amide bonds. The van der Waals surface area contributed by atoms with Gasteiger partial charge in [0.2, 0.25) is 0 Å². The Balaban J connectivity index is 3.67. The molecule has 0 aromatic heterocycles. The molecule has 0 aliphatic heterocycles. The number of hydroxylamine groups is 1. The van der Waals surface area contributed by atoms with Crippen LogP contribution in [0.3, 0.4) is 0 Å². The quantitative estimate of drug-likeness (QED) is 0.423. The number of carbonyl (C=O) groups is 2. The van der Waals surface area contributed by atoms with Gasteiger partial charge in [-0.05, 0) is 18.4 Å². The minimum atomic E-state index is -0.669. The van der Waals surface area contributed by atoms with Crippen LogP contribution < -0.4 is 11.2 Å². The monoisotopic (exact) mass is 332 g/mol. The third-order valence-electron chi connectivity index (χ3n) is 1.32. The SMILES string of the molecule is CSCCC(N)C(=O)ONC(=O)CI. The summed E-state index contributed by atoms with van der Waals surface area (Å²) in [6.07, 6.45) is 2.47. The van der Waals surface area contributed by atoms with Crippen molar-refractivity contribution in [2.75, 3.05) is 16.4 Å². The lowest BCUT2D eigenvalue weighted by molar-refractivity contribution is -0.158. The maximum atomic E-state index is 11.1. The molecule has 3 N–H and O–H groups in total. The molecule has 14 heavy (non-hydrogen) atoms. The predicted octanol–water partition coefficient (Wildman–Crippen LogP) is 0.0762. The van der Waals surface area contributed by atoms with Crippen molar-refractivity contribution in [3.8, 4) is 0 Å². The summed E-state index contributed by atoms with van der Waals surface area (Å²) in [4.78, 5) is 26.3. The van der Waals surface area contributed by atoms with Gasteiger partial charge in [0.25, 0.3) is 5.91 Å². The Morgan fingerprint density at radius 3 is 2.79 bits per heavy atom. The molecule has 0 aliphatic rings. The minimum Gasteiger partial charge on any atom is -0.339 e. The second kappa shape index (κ2) is 8.30. The summed E-state index contributed by atoms with van der Waals surface area (Å²) < 4.78 is 0.241. The van der Waals surface area contributed by atoms with Crippen LogP contribution in [0.2, 0.25) is 0 Å². The molecule has 0 aromatic rings. The molecule has 7 heteroatoms. The second-order valence-electron chi connectivity index (χ2n) is 2.47. The van der Waals surface area contributed by atoms with Crippen molar-refractivity contribution in [3.63, 3.8) is 0 Å². The van der Waals surface area contributed by atoms with Gasteiger partial charge in [-0.3, -0.25) is 4.79 Å². The molecule has 0 aliphatic carbocycles. The third kappa shape index (κ3) is 6.44. The van der Waals surface area contributed by atoms with E-state index in [9.17, 15) is 9.59 Å². The average Bonchev–Trinajstić information content (AvgIpc) is 2.21. The maximum Gasteiger partial charge on any atom is 0.348 e. The van der Waals surface area contributed by atoms with E-state index in [1.165, 1.54) is 0 Å². The Morgan fingerprint density at radius 1 is 1.64 bits per heavy atom. The van der Waals surface area contributed by atoms with Gasteiger partial charge in [-0.2, -0.15) is 17.2 Å². The highest BCUT2D eigenvalue weighted by atomic mass is 127. The number of rotatable bonds is 5. The van der Waals surface area contributed by atoms with Crippen molar-refractivity contribution in [2.45, 2.75) is 12.5 Å². The Morgan fingerprint density at radius 2 is 2.29 bits per heavy atom. The lowest BCUT2D eigenvalue weighted by Gasteiger charge is -2.09. The van der Waals surface area contributed by atoms with E-state index in [1.807, 2.05) is 34.3 Å². The summed E-state index contributed by atoms with van der Waals surface area (Å²) in [7, 11) is 0. The van der Waals surface area contributed by atoms with E-state index in [0.717, 1.165) is 5.75 Å². The van der Waals surface area contributed by atoms with Crippen molar-refractivity contribution in [3.05, 3.63) is 0 Å². The molecule has 1 unspecified atom stereocenters. The smallest absolute Gasteiger partial charge is 0.339 e. The van der Waals surface area contributed by atoms with Crippen LogP contribution in [-0.4, -0.2) is 34.4 Å². The molecule has 0 radical (unpaired) electrons. The fraction of sp³-hybridized carbons (Fsp3) is 0.714. The molecule has 5 nitrogen and oxygen atoms in total. The first-order chi connectivity index (χ1) is 6.61. The van der Waals surface area contributed by atoms with Gasteiger partial charge >= 0.3 is 5.97 Å². The fourth-order valence-corrected chi connectivity index (χ4v) is 1.22. The first-order valence-corrected chi connectivity index (χ1v) is 6.83. The number of carbonyl (C=O) groups excluding carboxylic acids is 2. The van der Waals surface area contributed by atoms with E-state index in [1.54, 1.807) is 11.8 Å². The summed E-state index contributed by atoms with van der Waals surface area (Å²) in [6, 6.07) is -0.669. The van der Waals surface area contributed by atoms with Crippen LogP contribution in [0.4, 0.5) is 0 Å². The van der Waals surface area contributed by atoms with Crippen molar-refractivity contribution in [1.82, 2.24) is 5.48 Å². The minimum absolute atomic E-state index is 0.241. The first kappa shape index (κ1) is 14.0. The zero-order valence-corrected chi connectivity index (χ0v) is 10.8. The summed E-state index contributed by atoms with van der Waals surface area (Å²) in [5.74, 6) is -0.162. The Bertz CT molecular complexity index is 203. The van der Waals surface area contributed by atoms with Crippen LogP contribution in [0.25, 0.3) is 0 Å². The van der Waals surface area contributed by atoms with E-state index in [-0.39, 0.29) is 10.3 Å². The summed E-state index contributed by atoms with van der Waals surface area (Å²) in [5.41, 5.74) is 7.50. The van der Waals surface area contributed by atoms with E-state index in [2.05, 4.69) is 4.84 Å². The summed E-state index contributed by atoms with van der Waals surface area (Å²) in [5, 5.41) is 0. The van der Waals surface area contributed by atoms with Gasteiger partial charge in [0.05, 0.1) is 4.43 Å². The van der Waals surface area contributed by atoms with Gasteiger partial charge in [-0.25, -0.2) is 4.79 Å². The second-order valence-corrected chi connectivity index (χ2v) is 4.22. The lowest BCUT2D eigenvalue weighted by atomic mass is 10.2. The number of thioether (sulfide) groups is 1. The number of amides is 1. The highest BCUT2D eigenvalue weighted by Gasteiger charge is 2.15. The van der Waals surface area contributed by atoms with E-state index in [0.29, 0.717) is 6.42 Å². The van der Waals surface area contributed by atoms with Crippen LogP contribution in [0, 0.1) is 0 Å². The summed E-state index contributed by atoms with van der Waals surface area (Å²) >= 11 is 3.46. The molecule has 0 saturated carbocycles. The normalized spacial score (nSPS) is 11.9. The largest absolute Gasteiger partial charge is 0.348 e. The highest BCUT2D eigenvalue weighted by molar-refractivity contribution is 14.1. The Hall–Kier alpha value is -0.0200. The van der Waals surface area contributed by atoms with Gasteiger partial charge in [0, 0.05) is 0 Å². The van der Waals surface area contributed by atoms with Gasteiger partial charge in [0.1, 0.15) is 6.04 Å². The van der Waals surface area contributed by atoms with Crippen LogP contribution in [0.1, 0.15) is 6.42 Å². The van der Waals surface area contributed by atoms with Crippen LogP contribution in [0.5, 0.6) is 0 Å². The van der Waals surface area contributed by atoms with E-state index < -0.39 is 12.0 Å². The van der Waals surface area contributed by atoms with Crippen molar-refractivity contribution >= 4 is 46.2 Å². The average molecular weight is 332 g/mol. The number of nitrogens with two attached hydrogens (primary N) is 1. The molecule has 0 spiro atoms. The Kier molecular flexibility index (Phi) is 8.29. The fourth-order valence-electron chi connectivity index (χ4n) is 0.573.